The zero-order valence-corrected chi connectivity index (χ0v) is 14.3. The van der Waals surface area contributed by atoms with Gasteiger partial charge in [0.25, 0.3) is 12.3 Å². The van der Waals surface area contributed by atoms with E-state index in [0.29, 0.717) is 5.56 Å². The second-order valence-electron chi connectivity index (χ2n) is 7.16. The third kappa shape index (κ3) is 3.03. The Labute approximate surface area is 143 Å². The first-order chi connectivity index (χ1) is 11.7. The number of hydrogen-bond acceptors (Lipinski definition) is 2. The molecule has 1 aliphatic carbocycles. The fourth-order valence-corrected chi connectivity index (χ4v) is 3.92. The van der Waals surface area contributed by atoms with Gasteiger partial charge >= 0.3 is 0 Å². The molecule has 1 unspecified atom stereocenters. The molecule has 1 atom stereocenters. The van der Waals surface area contributed by atoms with Crippen molar-refractivity contribution in [2.24, 2.45) is 0 Å². The third-order valence-electron chi connectivity index (χ3n) is 4.84. The Hall–Kier alpha value is -2.31. The maximum absolute atomic E-state index is 14.3. The number of carbonyl (C=O) groups excluding carboxylic acids is 1. The summed E-state index contributed by atoms with van der Waals surface area (Å²) in [4.78, 5) is 12.2. The fraction of sp³-hybridized carbons (Fsp3) is 0.444. The van der Waals surface area contributed by atoms with Crippen LogP contribution >= 0.6 is 0 Å². The lowest BCUT2D eigenvalue weighted by molar-refractivity contribution is 0.0936. The molecule has 1 aromatic heterocycles. The summed E-state index contributed by atoms with van der Waals surface area (Å²) in [6.07, 6.45) is -0.904. The SMILES string of the molecule is CC1CC(C)(C)c2c(F)ccc(CNC(=O)c3cn[nH]c3C(F)F)c21. The molecule has 0 spiro atoms. The minimum Gasteiger partial charge on any atom is -0.348 e. The summed E-state index contributed by atoms with van der Waals surface area (Å²) in [5, 5.41) is 8.28. The summed E-state index contributed by atoms with van der Waals surface area (Å²) < 4.78 is 40.0. The highest BCUT2D eigenvalue weighted by Crippen LogP contribution is 2.48. The van der Waals surface area contributed by atoms with Gasteiger partial charge in [0.1, 0.15) is 11.5 Å². The third-order valence-corrected chi connectivity index (χ3v) is 4.84. The number of amides is 1. The molecule has 1 aromatic carbocycles. The number of rotatable bonds is 4. The van der Waals surface area contributed by atoms with Crippen molar-refractivity contribution in [3.05, 3.63) is 52.1 Å². The molecule has 2 N–H and O–H groups in total. The average molecular weight is 351 g/mol. The van der Waals surface area contributed by atoms with Crippen LogP contribution in [0.1, 0.15) is 72.3 Å². The second kappa shape index (κ2) is 6.20. The van der Waals surface area contributed by atoms with Crippen LogP contribution in [-0.4, -0.2) is 16.1 Å². The number of benzene rings is 1. The predicted molar refractivity (Wildman–Crippen MR) is 87.2 cm³/mol. The Morgan fingerprint density at radius 3 is 2.84 bits per heavy atom. The maximum atomic E-state index is 14.3. The van der Waals surface area contributed by atoms with Crippen LogP contribution in [0.4, 0.5) is 13.2 Å². The van der Waals surface area contributed by atoms with E-state index in [-0.39, 0.29) is 29.3 Å². The topological polar surface area (TPSA) is 57.8 Å². The quantitative estimate of drug-likeness (QED) is 0.867. The monoisotopic (exact) mass is 351 g/mol. The van der Waals surface area contributed by atoms with E-state index in [1.165, 1.54) is 6.07 Å². The van der Waals surface area contributed by atoms with Crippen LogP contribution in [-0.2, 0) is 12.0 Å². The lowest BCUT2D eigenvalue weighted by Crippen LogP contribution is -2.24. The molecular formula is C18H20F3N3O. The van der Waals surface area contributed by atoms with Crippen LogP contribution in [0.15, 0.2) is 18.3 Å². The standard InChI is InChI=1S/C18H20F3N3O/c1-9-6-18(2,3)14-12(19)5-4-10(13(9)14)7-22-17(25)11-8-23-24-15(11)16(20)21/h4-5,8-9,16H,6-7H2,1-3H3,(H,22,25)(H,23,24). The molecule has 0 fully saturated rings. The summed E-state index contributed by atoms with van der Waals surface area (Å²) in [6.45, 7) is 6.18. The minimum absolute atomic E-state index is 0.149. The molecule has 3 rings (SSSR count). The highest BCUT2D eigenvalue weighted by Gasteiger charge is 2.38. The number of aromatic nitrogens is 2. The first kappa shape index (κ1) is 17.5. The highest BCUT2D eigenvalue weighted by molar-refractivity contribution is 5.95. The van der Waals surface area contributed by atoms with E-state index in [1.54, 1.807) is 6.07 Å². The molecule has 2 aromatic rings. The number of aromatic amines is 1. The van der Waals surface area contributed by atoms with E-state index in [2.05, 4.69) is 15.5 Å². The van der Waals surface area contributed by atoms with E-state index >= 15 is 0 Å². The first-order valence-corrected chi connectivity index (χ1v) is 8.13. The molecule has 4 nitrogen and oxygen atoms in total. The van der Waals surface area contributed by atoms with Gasteiger partial charge in [-0.05, 0) is 40.5 Å². The zero-order valence-electron chi connectivity index (χ0n) is 14.3. The van der Waals surface area contributed by atoms with E-state index in [1.807, 2.05) is 20.8 Å². The van der Waals surface area contributed by atoms with Gasteiger partial charge in [-0.25, -0.2) is 13.2 Å². The van der Waals surface area contributed by atoms with Crippen molar-refractivity contribution in [2.75, 3.05) is 0 Å². The van der Waals surface area contributed by atoms with Gasteiger partial charge in [-0.2, -0.15) is 5.10 Å². The Kier molecular flexibility index (Phi) is 4.34. The molecule has 1 heterocycles. The van der Waals surface area contributed by atoms with E-state index in [9.17, 15) is 18.0 Å². The van der Waals surface area contributed by atoms with Gasteiger partial charge in [-0.3, -0.25) is 9.89 Å². The molecule has 0 saturated carbocycles. The molecule has 0 saturated heterocycles. The van der Waals surface area contributed by atoms with Gasteiger partial charge < -0.3 is 5.32 Å². The predicted octanol–water partition coefficient (Wildman–Crippen LogP) is 4.20. The molecule has 0 bridgehead atoms. The number of nitrogens with zero attached hydrogens (tertiary/aromatic N) is 1. The van der Waals surface area contributed by atoms with E-state index in [0.717, 1.165) is 23.7 Å². The fourth-order valence-electron chi connectivity index (χ4n) is 3.92. The van der Waals surface area contributed by atoms with Crippen LogP contribution < -0.4 is 5.32 Å². The van der Waals surface area contributed by atoms with Gasteiger partial charge in [-0.1, -0.05) is 26.8 Å². The number of nitrogens with one attached hydrogen (secondary N) is 2. The van der Waals surface area contributed by atoms with Crippen molar-refractivity contribution in [3.63, 3.8) is 0 Å². The molecule has 134 valence electrons. The second-order valence-corrected chi connectivity index (χ2v) is 7.16. The van der Waals surface area contributed by atoms with Crippen molar-refractivity contribution in [1.29, 1.82) is 0 Å². The van der Waals surface area contributed by atoms with Gasteiger partial charge in [0.2, 0.25) is 0 Å². The smallest absolute Gasteiger partial charge is 0.280 e. The Bertz CT molecular complexity index is 814. The lowest BCUT2D eigenvalue weighted by atomic mass is 9.85. The van der Waals surface area contributed by atoms with Crippen LogP contribution in [0.25, 0.3) is 0 Å². The van der Waals surface area contributed by atoms with Crippen LogP contribution in [0.3, 0.4) is 0 Å². The van der Waals surface area contributed by atoms with Crippen LogP contribution in [0.5, 0.6) is 0 Å². The lowest BCUT2D eigenvalue weighted by Gasteiger charge is -2.20. The summed E-state index contributed by atoms with van der Waals surface area (Å²) in [5.74, 6) is -0.709. The largest absolute Gasteiger partial charge is 0.348 e. The average Bonchev–Trinajstić information content (AvgIpc) is 3.10. The van der Waals surface area contributed by atoms with Crippen molar-refractivity contribution in [3.8, 4) is 0 Å². The molecule has 7 heteroatoms. The number of hydrogen-bond donors (Lipinski definition) is 2. The van der Waals surface area contributed by atoms with Gasteiger partial charge in [0, 0.05) is 6.54 Å². The van der Waals surface area contributed by atoms with E-state index < -0.39 is 18.0 Å². The molecule has 1 aliphatic rings. The van der Waals surface area contributed by atoms with Crippen molar-refractivity contribution in [1.82, 2.24) is 15.5 Å². The van der Waals surface area contributed by atoms with Gasteiger partial charge in [0.05, 0.1) is 11.8 Å². The number of fused-ring (bicyclic) bond motifs is 1. The van der Waals surface area contributed by atoms with E-state index in [4.69, 9.17) is 0 Å². The molecule has 1 amide bonds. The Balaban J connectivity index is 1.85. The Morgan fingerprint density at radius 2 is 2.16 bits per heavy atom. The molecule has 25 heavy (non-hydrogen) atoms. The summed E-state index contributed by atoms with van der Waals surface area (Å²) in [6, 6.07) is 3.05. The minimum atomic E-state index is -2.81. The number of alkyl halides is 2. The summed E-state index contributed by atoms with van der Waals surface area (Å²) in [7, 11) is 0. The molecular weight excluding hydrogens is 331 g/mol. The van der Waals surface area contributed by atoms with Crippen molar-refractivity contribution < 1.29 is 18.0 Å². The number of H-pyrrole nitrogens is 1. The van der Waals surface area contributed by atoms with Gasteiger partial charge in [-0.15, -0.1) is 0 Å². The van der Waals surface area contributed by atoms with Crippen molar-refractivity contribution in [2.45, 2.75) is 51.5 Å². The molecule has 0 aliphatic heterocycles. The Morgan fingerprint density at radius 1 is 1.44 bits per heavy atom. The van der Waals surface area contributed by atoms with Gasteiger partial charge in [0.15, 0.2) is 0 Å². The molecule has 0 radical (unpaired) electrons. The van der Waals surface area contributed by atoms with Crippen LogP contribution in [0, 0.1) is 5.82 Å². The number of carbonyl (C=O) groups is 1. The van der Waals surface area contributed by atoms with Crippen LogP contribution in [0.2, 0.25) is 0 Å². The highest BCUT2D eigenvalue weighted by atomic mass is 19.3. The normalized spacial score (nSPS) is 18.4. The van der Waals surface area contributed by atoms with Crippen molar-refractivity contribution >= 4 is 5.91 Å². The first-order valence-electron chi connectivity index (χ1n) is 8.13. The maximum Gasteiger partial charge on any atom is 0.280 e. The summed E-state index contributed by atoms with van der Waals surface area (Å²) in [5.41, 5.74) is 1.45. The zero-order chi connectivity index (χ0) is 18.4. The summed E-state index contributed by atoms with van der Waals surface area (Å²) >= 11 is 0. The number of halogens is 3.